The van der Waals surface area contributed by atoms with Crippen molar-refractivity contribution in [3.63, 3.8) is 0 Å². The minimum atomic E-state index is -1.09. The molecule has 1 aliphatic heterocycles. The average Bonchev–Trinajstić information content (AvgIpc) is 3.02. The molecule has 128 valence electrons. The highest BCUT2D eigenvalue weighted by Crippen LogP contribution is 2.32. The number of carbonyl (C=O) groups excluding carboxylic acids is 1. The topological polar surface area (TPSA) is 71.2 Å². The smallest absolute Gasteiger partial charge is 0.291 e. The Bertz CT molecular complexity index is 741. The van der Waals surface area contributed by atoms with E-state index in [4.69, 9.17) is 0 Å². The summed E-state index contributed by atoms with van der Waals surface area (Å²) >= 11 is 0. The summed E-state index contributed by atoms with van der Waals surface area (Å²) in [6.07, 6.45) is 1.23. The lowest BCUT2D eigenvalue weighted by Crippen LogP contribution is -2.40. The zero-order chi connectivity index (χ0) is 17.3. The van der Waals surface area contributed by atoms with Gasteiger partial charge in [-0.15, -0.1) is 0 Å². The molecular weight excluding hydrogens is 318 g/mol. The van der Waals surface area contributed by atoms with Crippen LogP contribution in [-0.2, 0) is 7.05 Å². The predicted octanol–water partition coefficient (Wildman–Crippen LogP) is 1.68. The number of amides is 1. The Morgan fingerprint density at radius 2 is 2.04 bits per heavy atom. The lowest BCUT2D eigenvalue weighted by atomic mass is 9.87. The third-order valence-corrected chi connectivity index (χ3v) is 4.45. The molecule has 3 rings (SSSR count). The molecular formula is C16H18F2N4O2. The van der Waals surface area contributed by atoms with Crippen LogP contribution in [0, 0.1) is 17.6 Å². The molecule has 1 aromatic carbocycles. The van der Waals surface area contributed by atoms with Gasteiger partial charge in [-0.05, 0) is 37.0 Å². The molecule has 1 saturated heterocycles. The van der Waals surface area contributed by atoms with E-state index in [1.165, 1.54) is 11.0 Å². The van der Waals surface area contributed by atoms with Gasteiger partial charge in [0.05, 0.1) is 6.10 Å². The molecule has 1 aliphatic rings. The minimum Gasteiger partial charge on any atom is -0.388 e. The van der Waals surface area contributed by atoms with Crippen LogP contribution in [0.1, 0.15) is 35.1 Å². The fourth-order valence-electron chi connectivity index (χ4n) is 3.04. The van der Waals surface area contributed by atoms with Crippen LogP contribution in [-0.4, -0.2) is 43.8 Å². The first-order valence-electron chi connectivity index (χ1n) is 7.73. The average molecular weight is 336 g/mol. The molecule has 0 bridgehead atoms. The van der Waals surface area contributed by atoms with Gasteiger partial charge in [0.2, 0.25) is 5.82 Å². The number of nitrogens with zero attached hydrogens (tertiary/aromatic N) is 4. The number of rotatable bonds is 3. The monoisotopic (exact) mass is 336 g/mol. The van der Waals surface area contributed by atoms with Crippen molar-refractivity contribution in [2.75, 3.05) is 13.1 Å². The highest BCUT2D eigenvalue weighted by molar-refractivity contribution is 5.90. The van der Waals surface area contributed by atoms with Crippen LogP contribution in [0.3, 0.4) is 0 Å². The van der Waals surface area contributed by atoms with E-state index in [0.29, 0.717) is 25.9 Å². The summed E-state index contributed by atoms with van der Waals surface area (Å²) in [6, 6.07) is 3.06. The van der Waals surface area contributed by atoms with E-state index in [2.05, 4.69) is 10.1 Å². The second-order valence-electron chi connectivity index (χ2n) is 5.95. The van der Waals surface area contributed by atoms with Crippen LogP contribution in [0.15, 0.2) is 24.5 Å². The number of aromatic nitrogens is 3. The maximum absolute atomic E-state index is 13.8. The summed E-state index contributed by atoms with van der Waals surface area (Å²) in [5.74, 6) is -1.41. The summed E-state index contributed by atoms with van der Waals surface area (Å²) in [5, 5.41) is 14.2. The number of likely N-dealkylation sites (tertiary alicyclic amines) is 1. The van der Waals surface area contributed by atoms with Gasteiger partial charge in [0.1, 0.15) is 18.0 Å². The van der Waals surface area contributed by atoms with Crippen molar-refractivity contribution >= 4 is 5.91 Å². The Hall–Kier alpha value is -2.35. The number of carbonyl (C=O) groups is 1. The summed E-state index contributed by atoms with van der Waals surface area (Å²) in [7, 11) is 1.64. The molecule has 1 amide bonds. The largest absolute Gasteiger partial charge is 0.388 e. The Labute approximate surface area is 137 Å². The normalized spacial score (nSPS) is 17.1. The van der Waals surface area contributed by atoms with Crippen molar-refractivity contribution in [2.24, 2.45) is 13.0 Å². The zero-order valence-electron chi connectivity index (χ0n) is 13.2. The van der Waals surface area contributed by atoms with Crippen LogP contribution in [0.4, 0.5) is 8.78 Å². The molecule has 6 nitrogen and oxygen atoms in total. The lowest BCUT2D eigenvalue weighted by Gasteiger charge is -2.34. The van der Waals surface area contributed by atoms with Gasteiger partial charge in [0, 0.05) is 25.7 Å². The number of aliphatic hydroxyl groups is 1. The van der Waals surface area contributed by atoms with Crippen molar-refractivity contribution in [3.8, 4) is 0 Å². The third kappa shape index (κ3) is 3.14. The maximum Gasteiger partial charge on any atom is 0.291 e. The molecule has 0 saturated carbocycles. The van der Waals surface area contributed by atoms with Crippen LogP contribution >= 0.6 is 0 Å². The van der Waals surface area contributed by atoms with E-state index >= 15 is 0 Å². The van der Waals surface area contributed by atoms with Crippen LogP contribution in [0.5, 0.6) is 0 Å². The molecule has 8 heteroatoms. The number of aliphatic hydroxyl groups excluding tert-OH is 1. The summed E-state index contributed by atoms with van der Waals surface area (Å²) in [6.45, 7) is 0.842. The van der Waals surface area contributed by atoms with Gasteiger partial charge in [0.15, 0.2) is 0 Å². The molecule has 0 radical (unpaired) electrons. The van der Waals surface area contributed by atoms with E-state index in [1.807, 2.05) is 0 Å². The number of halogens is 2. The molecule has 1 N–H and O–H groups in total. The number of hydrogen-bond donors (Lipinski definition) is 1. The first-order chi connectivity index (χ1) is 11.5. The second-order valence-corrected chi connectivity index (χ2v) is 5.95. The second kappa shape index (κ2) is 6.64. The zero-order valence-corrected chi connectivity index (χ0v) is 13.2. The van der Waals surface area contributed by atoms with Gasteiger partial charge >= 0.3 is 0 Å². The SMILES string of the molecule is Cn1ncnc1C(=O)N1CCC(C(O)c2cc(F)ccc2F)CC1. The van der Waals surface area contributed by atoms with Crippen LogP contribution in [0.2, 0.25) is 0 Å². The van der Waals surface area contributed by atoms with Crippen molar-refractivity contribution in [2.45, 2.75) is 18.9 Å². The van der Waals surface area contributed by atoms with Crippen molar-refractivity contribution in [1.29, 1.82) is 0 Å². The molecule has 1 atom stereocenters. The number of aryl methyl sites for hydroxylation is 1. The van der Waals surface area contributed by atoms with Crippen molar-refractivity contribution in [3.05, 3.63) is 47.5 Å². The highest BCUT2D eigenvalue weighted by atomic mass is 19.1. The standard InChI is InChI=1S/C16H18F2N4O2/c1-21-15(19-9-20-21)16(24)22-6-4-10(5-7-22)14(23)12-8-11(17)2-3-13(12)18/h2-3,8-10,14,23H,4-7H2,1H3. The molecule has 1 aromatic heterocycles. The van der Waals surface area contributed by atoms with Gasteiger partial charge in [-0.3, -0.25) is 4.79 Å². The summed E-state index contributed by atoms with van der Waals surface area (Å²) in [5.41, 5.74) is -0.0342. The van der Waals surface area contributed by atoms with Gasteiger partial charge in [-0.25, -0.2) is 18.4 Å². The van der Waals surface area contributed by atoms with Crippen LogP contribution < -0.4 is 0 Å². The quantitative estimate of drug-likeness (QED) is 0.926. The Morgan fingerprint density at radius 1 is 1.33 bits per heavy atom. The maximum atomic E-state index is 13.8. The summed E-state index contributed by atoms with van der Waals surface area (Å²) < 4.78 is 28.5. The van der Waals surface area contributed by atoms with Gasteiger partial charge in [-0.1, -0.05) is 0 Å². The fourth-order valence-corrected chi connectivity index (χ4v) is 3.04. The molecule has 0 spiro atoms. The van der Waals surface area contributed by atoms with E-state index in [0.717, 1.165) is 18.2 Å². The van der Waals surface area contributed by atoms with Crippen LogP contribution in [0.25, 0.3) is 0 Å². The molecule has 0 aliphatic carbocycles. The van der Waals surface area contributed by atoms with E-state index in [1.54, 1.807) is 11.9 Å². The minimum absolute atomic E-state index is 0.0342. The fraction of sp³-hybridized carbons (Fsp3) is 0.438. The lowest BCUT2D eigenvalue weighted by molar-refractivity contribution is 0.0438. The summed E-state index contributed by atoms with van der Waals surface area (Å²) in [4.78, 5) is 17.9. The van der Waals surface area contributed by atoms with Gasteiger partial charge < -0.3 is 10.0 Å². The predicted molar refractivity (Wildman–Crippen MR) is 80.9 cm³/mol. The molecule has 1 fully saturated rings. The van der Waals surface area contributed by atoms with Crippen molar-refractivity contribution < 1.29 is 18.7 Å². The third-order valence-electron chi connectivity index (χ3n) is 4.45. The number of benzene rings is 1. The Morgan fingerprint density at radius 3 is 2.67 bits per heavy atom. The molecule has 2 heterocycles. The first-order valence-corrected chi connectivity index (χ1v) is 7.73. The van der Waals surface area contributed by atoms with Crippen molar-refractivity contribution in [1.82, 2.24) is 19.7 Å². The first kappa shape index (κ1) is 16.5. The number of piperidine rings is 1. The molecule has 24 heavy (non-hydrogen) atoms. The van der Waals surface area contributed by atoms with Gasteiger partial charge in [0.25, 0.3) is 5.91 Å². The number of hydrogen-bond acceptors (Lipinski definition) is 4. The Balaban J connectivity index is 1.65. The van der Waals surface area contributed by atoms with E-state index < -0.39 is 17.7 Å². The van der Waals surface area contributed by atoms with E-state index in [-0.39, 0.29) is 23.2 Å². The van der Waals surface area contributed by atoms with E-state index in [9.17, 15) is 18.7 Å². The van der Waals surface area contributed by atoms with Gasteiger partial charge in [-0.2, -0.15) is 5.10 Å². The highest BCUT2D eigenvalue weighted by Gasteiger charge is 2.31. The molecule has 1 unspecified atom stereocenters. The Kier molecular flexibility index (Phi) is 4.57. The molecule has 2 aromatic rings.